The van der Waals surface area contributed by atoms with Crippen molar-refractivity contribution in [3.8, 4) is 0 Å². The van der Waals surface area contributed by atoms with Gasteiger partial charge in [0.25, 0.3) is 10.0 Å². The highest BCUT2D eigenvalue weighted by Gasteiger charge is 2.18. The first-order valence-corrected chi connectivity index (χ1v) is 8.41. The van der Waals surface area contributed by atoms with E-state index in [1.165, 1.54) is 18.2 Å². The number of aromatic carboxylic acids is 1. The minimum atomic E-state index is -3.65. The Balaban J connectivity index is 2.25. The van der Waals surface area contributed by atoms with E-state index in [2.05, 4.69) is 20.7 Å². The Morgan fingerprint density at radius 3 is 2.44 bits per heavy atom. The van der Waals surface area contributed by atoms with Crippen molar-refractivity contribution in [2.45, 2.75) is 4.21 Å². The number of halogens is 1. The van der Waals surface area contributed by atoms with Crippen LogP contribution in [-0.2, 0) is 10.0 Å². The summed E-state index contributed by atoms with van der Waals surface area (Å²) in [4.78, 5) is 10.8. The number of rotatable bonds is 4. The molecule has 0 aliphatic heterocycles. The topological polar surface area (TPSA) is 83.5 Å². The van der Waals surface area contributed by atoms with Crippen LogP contribution in [0.25, 0.3) is 0 Å². The lowest BCUT2D eigenvalue weighted by Crippen LogP contribution is -2.10. The maximum absolute atomic E-state index is 11.9. The third-order valence-corrected chi connectivity index (χ3v) is 6.46. The van der Waals surface area contributed by atoms with Crippen LogP contribution in [-0.4, -0.2) is 19.5 Å². The summed E-state index contributed by atoms with van der Waals surface area (Å²) in [5.74, 6) is -1.08. The summed E-state index contributed by atoms with van der Waals surface area (Å²) in [6.07, 6.45) is 0. The third-order valence-electron chi connectivity index (χ3n) is 1.87. The number of anilines is 1. The van der Waals surface area contributed by atoms with Crippen molar-refractivity contribution in [2.24, 2.45) is 0 Å². The summed E-state index contributed by atoms with van der Waals surface area (Å²) >= 11 is 5.14. The van der Waals surface area contributed by atoms with Crippen LogP contribution in [0.1, 0.15) is 9.67 Å². The van der Waals surface area contributed by atoms with Crippen LogP contribution in [0.2, 0.25) is 0 Å². The molecule has 2 N–H and O–H groups in total. The predicted octanol–water partition coefficient (Wildman–Crippen LogP) is 3.07. The van der Waals surface area contributed by atoms with Crippen molar-refractivity contribution < 1.29 is 18.3 Å². The standard InChI is InChI=1S/C9H6BrNO4S3/c10-6-2-4-8(17-6)18(14,15)11-7-3-1-5(16-7)9(12)13/h1-4,11H,(H,12,13). The van der Waals surface area contributed by atoms with Gasteiger partial charge in [0.15, 0.2) is 0 Å². The monoisotopic (exact) mass is 367 g/mol. The van der Waals surface area contributed by atoms with E-state index < -0.39 is 16.0 Å². The molecule has 0 bridgehead atoms. The fraction of sp³-hybridized carbons (Fsp3) is 0. The number of thiophene rings is 2. The summed E-state index contributed by atoms with van der Waals surface area (Å²) in [7, 11) is -3.65. The average molecular weight is 368 g/mol. The minimum Gasteiger partial charge on any atom is -0.477 e. The molecule has 0 radical (unpaired) electrons. The summed E-state index contributed by atoms with van der Waals surface area (Å²) in [6.45, 7) is 0. The molecule has 18 heavy (non-hydrogen) atoms. The van der Waals surface area contributed by atoms with E-state index in [-0.39, 0.29) is 14.1 Å². The van der Waals surface area contributed by atoms with Gasteiger partial charge in [0.1, 0.15) is 14.1 Å². The quantitative estimate of drug-likeness (QED) is 0.869. The van der Waals surface area contributed by atoms with Gasteiger partial charge in [-0.2, -0.15) is 0 Å². The van der Waals surface area contributed by atoms with Gasteiger partial charge in [0, 0.05) is 0 Å². The molecule has 0 saturated carbocycles. The first-order valence-electron chi connectivity index (χ1n) is 4.50. The first-order chi connectivity index (χ1) is 8.38. The Bertz CT molecular complexity index is 688. The van der Waals surface area contributed by atoms with Crippen molar-refractivity contribution in [3.05, 3.63) is 32.9 Å². The Morgan fingerprint density at radius 1 is 1.22 bits per heavy atom. The summed E-state index contributed by atoms with van der Waals surface area (Å²) in [5, 5.41) is 9.02. The van der Waals surface area contributed by atoms with Crippen LogP contribution in [0.4, 0.5) is 5.00 Å². The van der Waals surface area contributed by atoms with E-state index in [4.69, 9.17) is 5.11 Å². The highest BCUT2D eigenvalue weighted by atomic mass is 79.9. The molecule has 2 aromatic heterocycles. The Labute approximate surface area is 119 Å². The Kier molecular flexibility index (Phi) is 3.76. The molecule has 0 fully saturated rings. The van der Waals surface area contributed by atoms with Crippen molar-refractivity contribution in [2.75, 3.05) is 4.72 Å². The van der Waals surface area contributed by atoms with Gasteiger partial charge in [0.05, 0.1) is 3.79 Å². The third kappa shape index (κ3) is 2.91. The van der Waals surface area contributed by atoms with Gasteiger partial charge in [-0.25, -0.2) is 13.2 Å². The fourth-order valence-electron chi connectivity index (χ4n) is 1.13. The number of nitrogens with one attached hydrogen (secondary N) is 1. The molecule has 0 aliphatic rings. The predicted molar refractivity (Wildman–Crippen MR) is 74.1 cm³/mol. The number of carbonyl (C=O) groups is 1. The molecule has 96 valence electrons. The van der Waals surface area contributed by atoms with E-state index in [9.17, 15) is 13.2 Å². The fourth-order valence-corrected chi connectivity index (χ4v) is 5.18. The van der Waals surface area contributed by atoms with E-state index >= 15 is 0 Å². The normalized spacial score (nSPS) is 11.4. The molecule has 5 nitrogen and oxygen atoms in total. The average Bonchev–Trinajstić information content (AvgIpc) is 2.86. The second kappa shape index (κ2) is 5.00. The lowest BCUT2D eigenvalue weighted by Gasteiger charge is -2.02. The molecule has 0 saturated heterocycles. The maximum atomic E-state index is 11.9. The molecule has 0 amide bonds. The van der Waals surface area contributed by atoms with Gasteiger partial charge in [-0.05, 0) is 40.2 Å². The van der Waals surface area contributed by atoms with Gasteiger partial charge in [-0.1, -0.05) is 0 Å². The van der Waals surface area contributed by atoms with Crippen LogP contribution in [0.5, 0.6) is 0 Å². The molecule has 2 rings (SSSR count). The minimum absolute atomic E-state index is 0.0834. The van der Waals surface area contributed by atoms with Gasteiger partial charge < -0.3 is 5.11 Å². The molecule has 0 spiro atoms. The molecule has 0 aliphatic carbocycles. The first kappa shape index (κ1) is 13.5. The van der Waals surface area contributed by atoms with E-state index in [0.717, 1.165) is 22.7 Å². The smallest absolute Gasteiger partial charge is 0.345 e. The summed E-state index contributed by atoms with van der Waals surface area (Å²) < 4.78 is 27.1. The number of carboxylic acids is 1. The Morgan fingerprint density at radius 2 is 1.94 bits per heavy atom. The molecular formula is C9H6BrNO4S3. The van der Waals surface area contributed by atoms with Crippen molar-refractivity contribution in [1.82, 2.24) is 0 Å². The van der Waals surface area contributed by atoms with Gasteiger partial charge in [-0.3, -0.25) is 4.72 Å². The van der Waals surface area contributed by atoms with Gasteiger partial charge >= 0.3 is 5.97 Å². The van der Waals surface area contributed by atoms with Crippen LogP contribution in [0.3, 0.4) is 0 Å². The SMILES string of the molecule is O=C(O)c1ccc(NS(=O)(=O)c2ccc(Br)s2)s1. The molecule has 0 atom stereocenters. The number of hydrogen-bond donors (Lipinski definition) is 2. The van der Waals surface area contributed by atoms with Crippen molar-refractivity contribution in [1.29, 1.82) is 0 Å². The zero-order valence-corrected chi connectivity index (χ0v) is 12.6. The van der Waals surface area contributed by atoms with Crippen molar-refractivity contribution >= 4 is 59.6 Å². The van der Waals surface area contributed by atoms with E-state index in [1.54, 1.807) is 6.07 Å². The number of hydrogen-bond acceptors (Lipinski definition) is 5. The molecule has 0 aromatic carbocycles. The largest absolute Gasteiger partial charge is 0.477 e. The summed E-state index contributed by atoms with van der Waals surface area (Å²) in [6, 6.07) is 5.89. The van der Waals surface area contributed by atoms with E-state index in [1.807, 2.05) is 0 Å². The molecular weight excluding hydrogens is 362 g/mol. The van der Waals surface area contributed by atoms with Crippen LogP contribution in [0, 0.1) is 0 Å². The molecule has 9 heteroatoms. The van der Waals surface area contributed by atoms with Gasteiger partial charge in [0.2, 0.25) is 0 Å². The maximum Gasteiger partial charge on any atom is 0.345 e. The lowest BCUT2D eigenvalue weighted by molar-refractivity contribution is 0.0702. The molecule has 0 unspecified atom stereocenters. The summed E-state index contributed by atoms with van der Waals surface area (Å²) in [5.41, 5.74) is 0. The lowest BCUT2D eigenvalue weighted by atomic mass is 10.5. The second-order valence-electron chi connectivity index (χ2n) is 3.13. The van der Waals surface area contributed by atoms with Crippen LogP contribution < -0.4 is 4.72 Å². The van der Waals surface area contributed by atoms with Crippen LogP contribution >= 0.6 is 38.6 Å². The molecule has 2 aromatic rings. The van der Waals surface area contributed by atoms with Gasteiger partial charge in [-0.15, -0.1) is 22.7 Å². The highest BCUT2D eigenvalue weighted by molar-refractivity contribution is 9.11. The Hall–Kier alpha value is -0.900. The van der Waals surface area contributed by atoms with E-state index in [0.29, 0.717) is 3.79 Å². The molecule has 2 heterocycles. The van der Waals surface area contributed by atoms with Crippen LogP contribution in [0.15, 0.2) is 32.3 Å². The number of carboxylic acid groups (broad SMARTS) is 1. The van der Waals surface area contributed by atoms with Crippen molar-refractivity contribution in [3.63, 3.8) is 0 Å². The number of sulfonamides is 1. The second-order valence-corrected chi connectivity index (χ2v) is 8.59. The zero-order valence-electron chi connectivity index (χ0n) is 8.58. The zero-order chi connectivity index (χ0) is 13.3. The highest BCUT2D eigenvalue weighted by Crippen LogP contribution is 2.29.